The second-order valence-electron chi connectivity index (χ2n) is 4.96. The molecule has 0 aliphatic heterocycles. The van der Waals surface area contributed by atoms with E-state index in [-0.39, 0.29) is 22.9 Å². The highest BCUT2D eigenvalue weighted by molar-refractivity contribution is 8.00. The second-order valence-corrected chi connectivity index (χ2v) is 6.38. The Bertz CT molecular complexity index is 687. The van der Waals surface area contributed by atoms with E-state index in [9.17, 15) is 14.0 Å². The van der Waals surface area contributed by atoms with Crippen molar-refractivity contribution in [2.75, 3.05) is 10.6 Å². The van der Waals surface area contributed by atoms with Crippen molar-refractivity contribution in [2.45, 2.75) is 24.0 Å². The number of hydrogen-bond donors (Lipinski definition) is 2. The number of halogens is 1. The Labute approximate surface area is 138 Å². The number of carbonyl (C=O) groups is 2. The number of benzene rings is 2. The molecule has 0 aromatic heterocycles. The Morgan fingerprint density at radius 1 is 0.957 bits per heavy atom. The van der Waals surface area contributed by atoms with Crippen LogP contribution >= 0.6 is 11.8 Å². The van der Waals surface area contributed by atoms with Gasteiger partial charge in [0.05, 0.1) is 5.25 Å². The summed E-state index contributed by atoms with van der Waals surface area (Å²) in [5.74, 6) is -0.594. The van der Waals surface area contributed by atoms with Gasteiger partial charge in [0, 0.05) is 23.2 Å². The average molecular weight is 332 g/mol. The van der Waals surface area contributed by atoms with Crippen LogP contribution in [0.25, 0.3) is 0 Å². The lowest BCUT2D eigenvalue weighted by Crippen LogP contribution is -2.22. The summed E-state index contributed by atoms with van der Waals surface area (Å²) in [6.07, 6.45) is 0. The van der Waals surface area contributed by atoms with Gasteiger partial charge in [-0.2, -0.15) is 0 Å². The lowest BCUT2D eigenvalue weighted by atomic mass is 10.2. The molecule has 0 heterocycles. The van der Waals surface area contributed by atoms with Gasteiger partial charge < -0.3 is 10.6 Å². The lowest BCUT2D eigenvalue weighted by molar-refractivity contribution is -0.115. The molecule has 0 radical (unpaired) electrons. The maximum atomic E-state index is 12.9. The summed E-state index contributed by atoms with van der Waals surface area (Å²) in [6.45, 7) is 3.22. The molecule has 2 amide bonds. The van der Waals surface area contributed by atoms with E-state index in [4.69, 9.17) is 0 Å². The van der Waals surface area contributed by atoms with Crippen LogP contribution in [0.5, 0.6) is 0 Å². The summed E-state index contributed by atoms with van der Waals surface area (Å²) in [7, 11) is 0. The zero-order chi connectivity index (χ0) is 16.8. The number of anilines is 2. The number of rotatable bonds is 5. The van der Waals surface area contributed by atoms with Crippen LogP contribution in [-0.2, 0) is 9.59 Å². The molecular formula is C17H17FN2O2S. The molecule has 23 heavy (non-hydrogen) atoms. The lowest BCUT2D eigenvalue weighted by Gasteiger charge is -2.12. The van der Waals surface area contributed by atoms with Crippen molar-refractivity contribution in [1.82, 2.24) is 0 Å². The minimum atomic E-state index is -0.324. The highest BCUT2D eigenvalue weighted by atomic mass is 32.2. The molecule has 2 N–H and O–H groups in total. The van der Waals surface area contributed by atoms with Crippen LogP contribution in [0.1, 0.15) is 13.8 Å². The first-order valence-electron chi connectivity index (χ1n) is 7.05. The number of hydrogen-bond acceptors (Lipinski definition) is 3. The quantitative estimate of drug-likeness (QED) is 0.816. The molecule has 0 unspecified atom stereocenters. The maximum Gasteiger partial charge on any atom is 0.237 e. The van der Waals surface area contributed by atoms with Crippen LogP contribution in [-0.4, -0.2) is 17.1 Å². The van der Waals surface area contributed by atoms with Gasteiger partial charge in [0.1, 0.15) is 5.82 Å². The third-order valence-electron chi connectivity index (χ3n) is 2.97. The van der Waals surface area contributed by atoms with E-state index in [0.29, 0.717) is 11.4 Å². The molecule has 0 aliphatic rings. The zero-order valence-corrected chi connectivity index (χ0v) is 13.6. The van der Waals surface area contributed by atoms with Crippen molar-refractivity contribution in [1.29, 1.82) is 0 Å². The van der Waals surface area contributed by atoms with Crippen molar-refractivity contribution in [3.8, 4) is 0 Å². The van der Waals surface area contributed by atoms with Gasteiger partial charge in [-0.05, 0) is 55.5 Å². The van der Waals surface area contributed by atoms with Gasteiger partial charge >= 0.3 is 0 Å². The van der Waals surface area contributed by atoms with Crippen molar-refractivity contribution in [3.05, 3.63) is 54.3 Å². The Morgan fingerprint density at radius 2 is 1.48 bits per heavy atom. The minimum Gasteiger partial charge on any atom is -0.326 e. The first-order chi connectivity index (χ1) is 10.9. The van der Waals surface area contributed by atoms with E-state index in [2.05, 4.69) is 10.6 Å². The molecule has 6 heteroatoms. The van der Waals surface area contributed by atoms with Crippen LogP contribution in [0, 0.1) is 5.82 Å². The van der Waals surface area contributed by atoms with E-state index in [1.807, 2.05) is 0 Å². The maximum absolute atomic E-state index is 12.9. The molecule has 0 saturated heterocycles. The smallest absolute Gasteiger partial charge is 0.237 e. The SMILES string of the molecule is CC(=O)Nc1ccc(NC(=O)[C@H](C)Sc2ccc(F)cc2)cc1. The Kier molecular flexibility index (Phi) is 5.76. The number of thioether (sulfide) groups is 1. The fourth-order valence-corrected chi connectivity index (χ4v) is 2.72. The third-order valence-corrected chi connectivity index (χ3v) is 4.08. The Morgan fingerprint density at radius 3 is 2.00 bits per heavy atom. The van der Waals surface area contributed by atoms with Crippen LogP contribution in [0.2, 0.25) is 0 Å². The first kappa shape index (κ1) is 17.0. The van der Waals surface area contributed by atoms with Crippen molar-refractivity contribution >= 4 is 35.0 Å². The molecule has 2 rings (SSSR count). The van der Waals surface area contributed by atoms with Crippen LogP contribution in [0.4, 0.5) is 15.8 Å². The summed E-state index contributed by atoms with van der Waals surface area (Å²) >= 11 is 1.36. The monoisotopic (exact) mass is 332 g/mol. The molecule has 2 aromatic carbocycles. The Balaban J connectivity index is 1.92. The van der Waals surface area contributed by atoms with E-state index in [0.717, 1.165) is 4.90 Å². The fourth-order valence-electron chi connectivity index (χ4n) is 1.85. The Hall–Kier alpha value is -2.34. The standard InChI is InChI=1S/C17H17FN2O2S/c1-11(23-16-9-3-13(18)4-10-16)17(22)20-15-7-5-14(6-8-15)19-12(2)21/h3-11H,1-2H3,(H,19,21)(H,20,22)/t11-/m0/s1. The van der Waals surface area contributed by atoms with E-state index < -0.39 is 0 Å². The molecule has 0 aliphatic carbocycles. The number of carbonyl (C=O) groups excluding carboxylic acids is 2. The van der Waals surface area contributed by atoms with Crippen molar-refractivity contribution in [2.24, 2.45) is 0 Å². The number of amides is 2. The van der Waals surface area contributed by atoms with Crippen LogP contribution < -0.4 is 10.6 Å². The fraction of sp³-hybridized carbons (Fsp3) is 0.176. The molecule has 0 bridgehead atoms. The zero-order valence-electron chi connectivity index (χ0n) is 12.8. The van der Waals surface area contributed by atoms with Gasteiger partial charge in [-0.1, -0.05) is 0 Å². The van der Waals surface area contributed by atoms with Crippen LogP contribution in [0.15, 0.2) is 53.4 Å². The molecule has 0 saturated carbocycles. The normalized spacial score (nSPS) is 11.6. The van der Waals surface area contributed by atoms with Gasteiger partial charge in [-0.3, -0.25) is 9.59 Å². The van der Waals surface area contributed by atoms with Gasteiger partial charge in [0.15, 0.2) is 0 Å². The average Bonchev–Trinajstić information content (AvgIpc) is 2.51. The predicted molar refractivity (Wildman–Crippen MR) is 91.1 cm³/mol. The summed E-state index contributed by atoms with van der Waals surface area (Å²) in [6, 6.07) is 12.9. The molecule has 0 spiro atoms. The molecule has 1 atom stereocenters. The molecule has 2 aromatic rings. The van der Waals surface area contributed by atoms with E-state index in [1.54, 1.807) is 43.3 Å². The highest BCUT2D eigenvalue weighted by Gasteiger charge is 2.14. The van der Waals surface area contributed by atoms with E-state index >= 15 is 0 Å². The first-order valence-corrected chi connectivity index (χ1v) is 7.93. The van der Waals surface area contributed by atoms with Gasteiger partial charge in [0.25, 0.3) is 0 Å². The van der Waals surface area contributed by atoms with Crippen molar-refractivity contribution < 1.29 is 14.0 Å². The van der Waals surface area contributed by atoms with Crippen molar-refractivity contribution in [3.63, 3.8) is 0 Å². The summed E-state index contributed by atoms with van der Waals surface area (Å²) in [5.41, 5.74) is 1.32. The molecule has 120 valence electrons. The van der Waals surface area contributed by atoms with Crippen LogP contribution in [0.3, 0.4) is 0 Å². The van der Waals surface area contributed by atoms with Gasteiger partial charge in [0.2, 0.25) is 11.8 Å². The molecule has 4 nitrogen and oxygen atoms in total. The highest BCUT2D eigenvalue weighted by Crippen LogP contribution is 2.24. The topological polar surface area (TPSA) is 58.2 Å². The summed E-state index contributed by atoms with van der Waals surface area (Å²) in [5, 5.41) is 5.14. The molecular weight excluding hydrogens is 315 g/mol. The van der Waals surface area contributed by atoms with E-state index in [1.165, 1.54) is 30.8 Å². The van der Waals surface area contributed by atoms with Gasteiger partial charge in [-0.25, -0.2) is 4.39 Å². The largest absolute Gasteiger partial charge is 0.326 e. The molecule has 0 fully saturated rings. The summed E-state index contributed by atoms with van der Waals surface area (Å²) in [4.78, 5) is 24.0. The third kappa shape index (κ3) is 5.41. The predicted octanol–water partition coefficient (Wildman–Crippen LogP) is 3.90. The second kappa shape index (κ2) is 7.78. The number of nitrogens with one attached hydrogen (secondary N) is 2. The van der Waals surface area contributed by atoms with Gasteiger partial charge in [-0.15, -0.1) is 11.8 Å². The minimum absolute atomic E-state index is 0.147. The summed E-state index contributed by atoms with van der Waals surface area (Å²) < 4.78 is 12.9.